The zero-order valence-electron chi connectivity index (χ0n) is 21.1. The SMILES string of the molecule is CS(=O)(=O)c1nnc(CN2CCN(c3ccc(C(F)(F)F)cc3NC(=O)c3ccc(-c4ccncc4)o3)CC2)o1. The molecule has 0 atom stereocenters. The number of rotatable bonds is 7. The molecule has 0 radical (unpaired) electrons. The maximum atomic E-state index is 13.5. The van der Waals surface area contributed by atoms with Crippen LogP contribution in [0.5, 0.6) is 0 Å². The van der Waals surface area contributed by atoms with E-state index in [4.69, 9.17) is 8.83 Å². The van der Waals surface area contributed by atoms with Crippen LogP contribution in [0.2, 0.25) is 0 Å². The van der Waals surface area contributed by atoms with Gasteiger partial charge >= 0.3 is 11.4 Å². The molecule has 1 saturated heterocycles. The van der Waals surface area contributed by atoms with Crippen LogP contribution in [0.1, 0.15) is 22.0 Å². The van der Waals surface area contributed by atoms with Crippen molar-refractivity contribution in [2.45, 2.75) is 17.9 Å². The Labute approximate surface area is 226 Å². The number of piperazine rings is 1. The number of pyridine rings is 1. The van der Waals surface area contributed by atoms with E-state index in [9.17, 15) is 26.4 Å². The van der Waals surface area contributed by atoms with Gasteiger partial charge in [-0.1, -0.05) is 5.10 Å². The first-order chi connectivity index (χ1) is 19.0. The Morgan fingerprint density at radius 3 is 2.38 bits per heavy atom. The number of anilines is 2. The summed E-state index contributed by atoms with van der Waals surface area (Å²) < 4.78 is 74.5. The van der Waals surface area contributed by atoms with Crippen LogP contribution in [0.3, 0.4) is 0 Å². The van der Waals surface area contributed by atoms with Gasteiger partial charge in [0.25, 0.3) is 5.91 Å². The fourth-order valence-electron chi connectivity index (χ4n) is 4.19. The van der Waals surface area contributed by atoms with Crippen molar-refractivity contribution < 1.29 is 35.2 Å². The first kappa shape index (κ1) is 27.3. The third-order valence-electron chi connectivity index (χ3n) is 6.20. The smallest absolute Gasteiger partial charge is 0.416 e. The van der Waals surface area contributed by atoms with E-state index in [0.29, 0.717) is 43.2 Å². The first-order valence-corrected chi connectivity index (χ1v) is 13.9. The molecule has 4 aromatic rings. The summed E-state index contributed by atoms with van der Waals surface area (Å²) in [6, 6.07) is 9.65. The van der Waals surface area contributed by atoms with Crippen molar-refractivity contribution in [2.24, 2.45) is 0 Å². The van der Waals surface area contributed by atoms with E-state index < -0.39 is 32.7 Å². The molecular weight excluding hydrogens is 553 g/mol. The molecule has 0 bridgehead atoms. The molecule has 3 aromatic heterocycles. The second kappa shape index (κ2) is 10.7. The Balaban J connectivity index is 1.31. The number of nitrogens with one attached hydrogen (secondary N) is 1. The number of alkyl halides is 3. The maximum absolute atomic E-state index is 13.5. The van der Waals surface area contributed by atoms with Crippen molar-refractivity contribution in [1.82, 2.24) is 20.1 Å². The Bertz CT molecular complexity index is 1610. The fourth-order valence-corrected chi connectivity index (χ4v) is 4.63. The van der Waals surface area contributed by atoms with Gasteiger partial charge in [-0.25, -0.2) is 8.42 Å². The Hall–Kier alpha value is -4.24. The molecule has 15 heteroatoms. The summed E-state index contributed by atoms with van der Waals surface area (Å²) in [6.07, 6.45) is -0.498. The summed E-state index contributed by atoms with van der Waals surface area (Å²) in [4.78, 5) is 20.7. The third kappa shape index (κ3) is 6.15. The lowest BCUT2D eigenvalue weighted by atomic mass is 10.1. The van der Waals surface area contributed by atoms with Crippen LogP contribution >= 0.6 is 0 Å². The van der Waals surface area contributed by atoms with Crippen molar-refractivity contribution in [3.8, 4) is 11.3 Å². The molecule has 210 valence electrons. The van der Waals surface area contributed by atoms with Crippen LogP contribution in [0.4, 0.5) is 24.5 Å². The predicted octanol–water partition coefficient (Wildman–Crippen LogP) is 3.72. The molecule has 5 rings (SSSR count). The van der Waals surface area contributed by atoms with E-state index in [-0.39, 0.29) is 23.9 Å². The van der Waals surface area contributed by atoms with E-state index in [1.807, 2.05) is 9.80 Å². The molecule has 1 aromatic carbocycles. The number of hydrogen-bond acceptors (Lipinski definition) is 10. The highest BCUT2D eigenvalue weighted by molar-refractivity contribution is 7.90. The van der Waals surface area contributed by atoms with Gasteiger partial charge in [-0.2, -0.15) is 13.2 Å². The molecule has 1 fully saturated rings. The largest absolute Gasteiger partial charge is 0.451 e. The lowest BCUT2D eigenvalue weighted by molar-refractivity contribution is -0.137. The molecular formula is C25H23F3N6O5S. The van der Waals surface area contributed by atoms with Crippen LogP contribution < -0.4 is 10.2 Å². The van der Waals surface area contributed by atoms with Gasteiger partial charge in [-0.05, 0) is 42.5 Å². The van der Waals surface area contributed by atoms with Crippen LogP contribution in [-0.2, 0) is 22.6 Å². The monoisotopic (exact) mass is 576 g/mol. The Morgan fingerprint density at radius 1 is 1.00 bits per heavy atom. The van der Waals surface area contributed by atoms with E-state index in [1.165, 1.54) is 12.1 Å². The van der Waals surface area contributed by atoms with Crippen LogP contribution in [0, 0.1) is 0 Å². The average Bonchev–Trinajstić information content (AvgIpc) is 3.60. The minimum absolute atomic E-state index is 0.00942. The highest BCUT2D eigenvalue weighted by atomic mass is 32.2. The number of furan rings is 1. The molecule has 1 amide bonds. The number of sulfone groups is 1. The van der Waals surface area contributed by atoms with E-state index >= 15 is 0 Å². The highest BCUT2D eigenvalue weighted by Crippen LogP contribution is 2.36. The summed E-state index contributed by atoms with van der Waals surface area (Å²) in [5.41, 5.74) is 0.198. The summed E-state index contributed by atoms with van der Waals surface area (Å²) >= 11 is 0. The molecule has 1 aliphatic rings. The topological polar surface area (TPSA) is 135 Å². The lowest BCUT2D eigenvalue weighted by Crippen LogP contribution is -2.46. The van der Waals surface area contributed by atoms with E-state index in [0.717, 1.165) is 18.4 Å². The zero-order valence-corrected chi connectivity index (χ0v) is 21.9. The summed E-state index contributed by atoms with van der Waals surface area (Å²) in [5.74, 6) is -0.204. The zero-order chi connectivity index (χ0) is 28.5. The summed E-state index contributed by atoms with van der Waals surface area (Å²) in [5, 5.41) is 9.42. The quantitative estimate of drug-likeness (QED) is 0.347. The molecule has 1 N–H and O–H groups in total. The van der Waals surface area contributed by atoms with Gasteiger partial charge in [0.05, 0.1) is 23.5 Å². The Morgan fingerprint density at radius 2 is 1.73 bits per heavy atom. The summed E-state index contributed by atoms with van der Waals surface area (Å²) in [7, 11) is -3.62. The van der Waals surface area contributed by atoms with Crippen molar-refractivity contribution in [1.29, 1.82) is 0 Å². The van der Waals surface area contributed by atoms with Gasteiger partial charge in [0.2, 0.25) is 15.7 Å². The van der Waals surface area contributed by atoms with Gasteiger partial charge in [0, 0.05) is 50.4 Å². The number of hydrogen-bond donors (Lipinski definition) is 1. The number of amides is 1. The van der Waals surface area contributed by atoms with Gasteiger partial charge in [-0.3, -0.25) is 14.7 Å². The molecule has 1 aliphatic heterocycles. The molecule has 11 nitrogen and oxygen atoms in total. The number of carbonyl (C=O) groups is 1. The molecule has 0 aliphatic carbocycles. The average molecular weight is 577 g/mol. The van der Waals surface area contributed by atoms with Crippen LogP contribution in [0.15, 0.2) is 68.9 Å². The maximum Gasteiger partial charge on any atom is 0.416 e. The predicted molar refractivity (Wildman–Crippen MR) is 136 cm³/mol. The van der Waals surface area contributed by atoms with Gasteiger partial charge < -0.3 is 19.1 Å². The van der Waals surface area contributed by atoms with Crippen LogP contribution in [-0.4, -0.2) is 66.8 Å². The number of halogens is 3. The van der Waals surface area contributed by atoms with Crippen molar-refractivity contribution in [3.63, 3.8) is 0 Å². The first-order valence-electron chi connectivity index (χ1n) is 12.0. The molecule has 40 heavy (non-hydrogen) atoms. The molecule has 0 saturated carbocycles. The van der Waals surface area contributed by atoms with E-state index in [1.54, 1.807) is 30.6 Å². The third-order valence-corrected chi connectivity index (χ3v) is 7.00. The summed E-state index contributed by atoms with van der Waals surface area (Å²) in [6.45, 7) is 1.98. The number of benzene rings is 1. The van der Waals surface area contributed by atoms with Gasteiger partial charge in [-0.15, -0.1) is 5.10 Å². The number of aromatic nitrogens is 3. The minimum Gasteiger partial charge on any atom is -0.451 e. The second-order valence-corrected chi connectivity index (χ2v) is 11.0. The molecule has 4 heterocycles. The van der Waals surface area contributed by atoms with Gasteiger partial charge in [0.15, 0.2) is 5.76 Å². The normalized spacial score (nSPS) is 14.8. The standard InChI is InChI=1S/C25H23F3N6O5S/c1-40(36,37)24-32-31-22(39-24)15-33-10-12-34(13-11-33)19-3-2-17(25(26,27)28)14-18(19)30-23(35)21-5-4-20(38-21)16-6-8-29-9-7-16/h2-9,14H,10-13,15H2,1H3,(H,30,35). The van der Waals surface area contributed by atoms with Gasteiger partial charge in [0.1, 0.15) is 5.76 Å². The lowest BCUT2D eigenvalue weighted by Gasteiger charge is -2.36. The van der Waals surface area contributed by atoms with Crippen molar-refractivity contribution in [2.75, 3.05) is 42.7 Å². The van der Waals surface area contributed by atoms with Crippen molar-refractivity contribution in [3.05, 3.63) is 72.1 Å². The molecule has 0 spiro atoms. The van der Waals surface area contributed by atoms with Crippen LogP contribution in [0.25, 0.3) is 11.3 Å². The number of nitrogens with zero attached hydrogens (tertiary/aromatic N) is 5. The highest BCUT2D eigenvalue weighted by Gasteiger charge is 2.32. The second-order valence-electron chi connectivity index (χ2n) is 9.08. The number of carbonyl (C=O) groups excluding carboxylic acids is 1. The van der Waals surface area contributed by atoms with Crippen molar-refractivity contribution >= 4 is 27.1 Å². The Kier molecular flexibility index (Phi) is 7.33. The van der Waals surface area contributed by atoms with E-state index in [2.05, 4.69) is 20.5 Å². The fraction of sp³-hybridized carbons (Fsp3) is 0.280. The molecule has 0 unspecified atom stereocenters. The minimum atomic E-state index is -4.61.